The van der Waals surface area contributed by atoms with Crippen molar-refractivity contribution in [2.75, 3.05) is 17.7 Å². The van der Waals surface area contributed by atoms with Gasteiger partial charge in [-0.3, -0.25) is 15.7 Å². The predicted octanol–water partition coefficient (Wildman–Crippen LogP) is 3.38. The monoisotopic (exact) mass is 404 g/mol. The molecule has 10 nitrogen and oxygen atoms in total. The van der Waals surface area contributed by atoms with E-state index in [0.717, 1.165) is 0 Å². The normalized spacial score (nSPS) is 11.7. The number of carbonyl (C=O) groups excluding carboxylic acids is 2. The zero-order valence-corrected chi connectivity index (χ0v) is 15.7. The second-order valence-corrected chi connectivity index (χ2v) is 6.24. The molecule has 0 saturated carbocycles. The number of hydrogen-bond acceptors (Lipinski definition) is 6. The molecule has 0 saturated heterocycles. The Hall–Kier alpha value is -3.53. The van der Waals surface area contributed by atoms with Crippen LogP contribution in [0, 0.1) is 0 Å². The number of methoxy groups -OCH3 is 1. The highest BCUT2D eigenvalue weighted by atomic mass is 35.5. The largest absolute Gasteiger partial charge is 0.506 e. The van der Waals surface area contributed by atoms with Crippen LogP contribution < -0.4 is 16.0 Å². The van der Waals surface area contributed by atoms with Gasteiger partial charge in [0.15, 0.2) is 5.82 Å². The highest BCUT2D eigenvalue weighted by Gasteiger charge is 2.14. The van der Waals surface area contributed by atoms with Gasteiger partial charge >= 0.3 is 12.1 Å². The molecule has 1 atom stereocenters. The number of phenolic OH excluding ortho intramolecular Hbond substituents is 1. The van der Waals surface area contributed by atoms with Crippen molar-refractivity contribution in [1.29, 1.82) is 0 Å². The van der Waals surface area contributed by atoms with E-state index in [2.05, 4.69) is 35.9 Å². The number of carbonyl (C=O) groups is 2. The number of aromatic nitrogens is 3. The van der Waals surface area contributed by atoms with Gasteiger partial charge in [-0.05, 0) is 24.6 Å². The van der Waals surface area contributed by atoms with Crippen molar-refractivity contribution in [3.05, 3.63) is 41.0 Å². The fourth-order valence-corrected chi connectivity index (χ4v) is 2.57. The topological polar surface area (TPSA) is 141 Å². The van der Waals surface area contributed by atoms with Crippen LogP contribution >= 0.6 is 11.6 Å². The molecule has 3 amide bonds. The summed E-state index contributed by atoms with van der Waals surface area (Å²) in [5.74, 6) is 0.488. The van der Waals surface area contributed by atoms with Crippen LogP contribution in [0.3, 0.4) is 0 Å². The highest BCUT2D eigenvalue weighted by Crippen LogP contribution is 2.26. The smallest absolute Gasteiger partial charge is 0.412 e. The lowest BCUT2D eigenvalue weighted by atomic mass is 10.1. The molecule has 0 aliphatic carbocycles. The Morgan fingerprint density at radius 1 is 1.29 bits per heavy atom. The number of fused-ring (bicyclic) bond motifs is 1. The fourth-order valence-electron chi connectivity index (χ4n) is 2.46. The number of nitrogens with zero attached hydrogens (tertiary/aromatic N) is 2. The number of H-pyrrole nitrogens is 1. The van der Waals surface area contributed by atoms with Crippen molar-refractivity contribution in [3.8, 4) is 5.75 Å². The molecule has 0 radical (unpaired) electrons. The summed E-state index contributed by atoms with van der Waals surface area (Å²) in [6.07, 6.45) is 0.803. The highest BCUT2D eigenvalue weighted by molar-refractivity contribution is 6.32. The number of rotatable bonds is 4. The Bertz CT molecular complexity index is 1040. The lowest BCUT2D eigenvalue weighted by molar-refractivity contribution is 0.187. The molecule has 3 aromatic rings. The molecule has 0 spiro atoms. The molecular formula is C17H17ClN6O4. The summed E-state index contributed by atoms with van der Waals surface area (Å²) in [5.41, 5.74) is 1.25. The zero-order chi connectivity index (χ0) is 20.3. The number of benzene rings is 1. The minimum Gasteiger partial charge on any atom is -0.506 e. The molecule has 0 fully saturated rings. The number of aromatic amines is 1. The maximum absolute atomic E-state index is 12.2. The van der Waals surface area contributed by atoms with E-state index >= 15 is 0 Å². The summed E-state index contributed by atoms with van der Waals surface area (Å²) in [7, 11) is 1.25. The van der Waals surface area contributed by atoms with Crippen molar-refractivity contribution >= 4 is 46.3 Å². The molecule has 3 rings (SSSR count). The van der Waals surface area contributed by atoms with Gasteiger partial charge in [0.25, 0.3) is 0 Å². The Labute approximate surface area is 164 Å². The molecule has 11 heteroatoms. The summed E-state index contributed by atoms with van der Waals surface area (Å²) in [6, 6.07) is 5.45. The molecule has 2 heterocycles. The van der Waals surface area contributed by atoms with Crippen LogP contribution in [0.5, 0.6) is 5.75 Å². The molecule has 0 unspecified atom stereocenters. The van der Waals surface area contributed by atoms with Crippen molar-refractivity contribution in [1.82, 2.24) is 20.5 Å². The van der Waals surface area contributed by atoms with Gasteiger partial charge in [0.05, 0.1) is 29.1 Å². The van der Waals surface area contributed by atoms with E-state index in [1.807, 2.05) is 0 Å². The molecule has 5 N–H and O–H groups in total. The first kappa shape index (κ1) is 19.2. The van der Waals surface area contributed by atoms with Gasteiger partial charge in [0.1, 0.15) is 11.6 Å². The third-order valence-corrected chi connectivity index (χ3v) is 4.23. The first-order chi connectivity index (χ1) is 13.4. The Morgan fingerprint density at radius 2 is 2.07 bits per heavy atom. The number of nitrogens with one attached hydrogen (secondary N) is 4. The lowest BCUT2D eigenvalue weighted by Gasteiger charge is -2.15. The summed E-state index contributed by atoms with van der Waals surface area (Å²) >= 11 is 5.79. The molecule has 0 bridgehead atoms. The number of hydrogen-bond donors (Lipinski definition) is 5. The third kappa shape index (κ3) is 4.23. The zero-order valence-electron chi connectivity index (χ0n) is 14.9. The van der Waals surface area contributed by atoms with E-state index in [4.69, 9.17) is 11.6 Å². The van der Waals surface area contributed by atoms with Gasteiger partial charge in [-0.2, -0.15) is 5.10 Å². The van der Waals surface area contributed by atoms with Crippen molar-refractivity contribution in [2.24, 2.45) is 0 Å². The Morgan fingerprint density at radius 3 is 2.79 bits per heavy atom. The van der Waals surface area contributed by atoms with Crippen LogP contribution in [0.25, 0.3) is 10.9 Å². The quantitative estimate of drug-likeness (QED) is 0.451. The Balaban J connectivity index is 1.67. The summed E-state index contributed by atoms with van der Waals surface area (Å²) < 4.78 is 4.52. The molecule has 28 heavy (non-hydrogen) atoms. The van der Waals surface area contributed by atoms with Crippen LogP contribution in [0.15, 0.2) is 30.5 Å². The molecule has 1 aromatic carbocycles. The summed E-state index contributed by atoms with van der Waals surface area (Å²) in [6.45, 7) is 1.76. The lowest BCUT2D eigenvalue weighted by Crippen LogP contribution is -2.31. The van der Waals surface area contributed by atoms with E-state index in [9.17, 15) is 14.7 Å². The standard InChI is InChI=1S/C17H17ClN6O4/c1-8(9-3-4-11(18)13(25)5-9)20-16(26)21-14-6-12-10(7-19-14)15(24-23-12)22-17(27)28-2/h3-8,25H,1-2H3,(H2,19,20,21,26)(H2,22,23,24,27)/t8-/m1/s1. The number of halogens is 1. The fraction of sp³-hybridized carbons (Fsp3) is 0.176. The maximum atomic E-state index is 12.2. The van der Waals surface area contributed by atoms with Gasteiger partial charge in [0, 0.05) is 12.3 Å². The van der Waals surface area contributed by atoms with Gasteiger partial charge < -0.3 is 15.2 Å². The van der Waals surface area contributed by atoms with Crippen LogP contribution in [0.4, 0.5) is 21.2 Å². The first-order valence-corrected chi connectivity index (χ1v) is 8.50. The van der Waals surface area contributed by atoms with Crippen molar-refractivity contribution in [3.63, 3.8) is 0 Å². The number of aromatic hydroxyl groups is 1. The van der Waals surface area contributed by atoms with Crippen LogP contribution in [-0.4, -0.2) is 39.5 Å². The van der Waals surface area contributed by atoms with Crippen LogP contribution in [0.1, 0.15) is 18.5 Å². The maximum Gasteiger partial charge on any atom is 0.412 e. The van der Waals surface area contributed by atoms with Gasteiger partial charge in [0.2, 0.25) is 0 Å². The second kappa shape index (κ2) is 8.01. The minimum atomic E-state index is -0.655. The molecule has 0 aliphatic rings. The number of ether oxygens (including phenoxy) is 1. The summed E-state index contributed by atoms with van der Waals surface area (Å²) in [4.78, 5) is 27.7. The van der Waals surface area contributed by atoms with E-state index in [0.29, 0.717) is 16.5 Å². The first-order valence-electron chi connectivity index (χ1n) is 8.12. The second-order valence-electron chi connectivity index (χ2n) is 5.83. The molecular weight excluding hydrogens is 388 g/mol. The van der Waals surface area contributed by atoms with E-state index in [1.165, 1.54) is 19.4 Å². The Kier molecular flexibility index (Phi) is 5.50. The van der Waals surface area contributed by atoms with Gasteiger partial charge in [-0.1, -0.05) is 17.7 Å². The number of amides is 3. The van der Waals surface area contributed by atoms with E-state index < -0.39 is 12.1 Å². The van der Waals surface area contributed by atoms with Gasteiger partial charge in [-0.25, -0.2) is 14.6 Å². The minimum absolute atomic E-state index is 0.0593. The van der Waals surface area contributed by atoms with Crippen LogP contribution in [0.2, 0.25) is 5.02 Å². The molecule has 0 aliphatic heterocycles. The average molecular weight is 405 g/mol. The van der Waals surface area contributed by atoms with Crippen molar-refractivity contribution in [2.45, 2.75) is 13.0 Å². The average Bonchev–Trinajstić information content (AvgIpc) is 3.05. The van der Waals surface area contributed by atoms with Crippen molar-refractivity contribution < 1.29 is 19.4 Å². The van der Waals surface area contributed by atoms with E-state index in [1.54, 1.807) is 25.1 Å². The molecule has 2 aromatic heterocycles. The number of pyridine rings is 1. The molecule has 146 valence electrons. The number of urea groups is 1. The van der Waals surface area contributed by atoms with Gasteiger partial charge in [-0.15, -0.1) is 0 Å². The SMILES string of the molecule is COC(=O)Nc1n[nH]c2cc(NC(=O)N[C@H](C)c3ccc(Cl)c(O)c3)ncc12. The predicted molar refractivity (Wildman–Crippen MR) is 104 cm³/mol. The number of anilines is 2. The van der Waals surface area contributed by atoms with E-state index in [-0.39, 0.29) is 28.4 Å². The third-order valence-electron chi connectivity index (χ3n) is 3.91. The van der Waals surface area contributed by atoms with Crippen LogP contribution in [-0.2, 0) is 4.74 Å². The number of phenols is 1. The summed E-state index contributed by atoms with van der Waals surface area (Å²) in [5, 5.41) is 25.0.